The fraction of sp³-hybridized carbons (Fsp3) is 0.300. The molecular weight excluding hydrogens is 316 g/mol. The van der Waals surface area contributed by atoms with Crippen molar-refractivity contribution in [1.82, 2.24) is 9.72 Å². The first-order chi connectivity index (χ1) is 12.2. The van der Waals surface area contributed by atoms with Gasteiger partial charge in [0.25, 0.3) is 0 Å². The van der Waals surface area contributed by atoms with E-state index in [1.54, 1.807) is 6.20 Å². The molecule has 25 heavy (non-hydrogen) atoms. The topological polar surface area (TPSA) is 57.3 Å². The Hall–Kier alpha value is -2.82. The second-order valence-electron chi connectivity index (χ2n) is 6.38. The predicted molar refractivity (Wildman–Crippen MR) is 93.6 cm³/mol. The van der Waals surface area contributed by atoms with Gasteiger partial charge in [0.05, 0.1) is 12.8 Å². The van der Waals surface area contributed by atoms with Crippen molar-refractivity contribution in [2.75, 3.05) is 6.61 Å². The minimum atomic E-state index is -0.279. The molecule has 0 atom stereocenters. The SMILES string of the molecule is CCOC(=O)c1c2c(cn1Cc1ccc(C)cc1)-c1oncc1CC2. The van der Waals surface area contributed by atoms with E-state index in [0.717, 1.165) is 40.9 Å². The molecule has 3 aromatic rings. The van der Waals surface area contributed by atoms with E-state index in [0.29, 0.717) is 18.8 Å². The lowest BCUT2D eigenvalue weighted by Gasteiger charge is -2.13. The zero-order valence-electron chi connectivity index (χ0n) is 14.4. The lowest BCUT2D eigenvalue weighted by Crippen LogP contribution is -2.15. The molecule has 0 N–H and O–H groups in total. The van der Waals surface area contributed by atoms with Gasteiger partial charge in [-0.2, -0.15) is 0 Å². The van der Waals surface area contributed by atoms with Crippen LogP contribution in [0, 0.1) is 6.92 Å². The molecular formula is C20H20N2O3. The Kier molecular flexibility index (Phi) is 3.92. The summed E-state index contributed by atoms with van der Waals surface area (Å²) in [7, 11) is 0. The van der Waals surface area contributed by atoms with Crippen LogP contribution in [0.2, 0.25) is 0 Å². The summed E-state index contributed by atoms with van der Waals surface area (Å²) in [5, 5.41) is 3.92. The number of aryl methyl sites for hydroxylation is 2. The fourth-order valence-corrected chi connectivity index (χ4v) is 3.42. The van der Waals surface area contributed by atoms with Gasteiger partial charge in [0.2, 0.25) is 0 Å². The van der Waals surface area contributed by atoms with E-state index >= 15 is 0 Å². The molecule has 5 heteroatoms. The van der Waals surface area contributed by atoms with Gasteiger partial charge in [0.15, 0.2) is 5.76 Å². The van der Waals surface area contributed by atoms with Crippen molar-refractivity contribution in [2.24, 2.45) is 0 Å². The van der Waals surface area contributed by atoms with Crippen LogP contribution in [0.1, 0.15) is 39.7 Å². The van der Waals surface area contributed by atoms with E-state index in [9.17, 15) is 4.79 Å². The number of carbonyl (C=O) groups is 1. The zero-order valence-corrected chi connectivity index (χ0v) is 14.4. The lowest BCUT2D eigenvalue weighted by atomic mass is 9.93. The Balaban J connectivity index is 1.80. The first-order valence-corrected chi connectivity index (χ1v) is 8.56. The average molecular weight is 336 g/mol. The monoisotopic (exact) mass is 336 g/mol. The number of rotatable bonds is 4. The Bertz CT molecular complexity index is 919. The highest BCUT2D eigenvalue weighted by molar-refractivity contribution is 5.93. The van der Waals surface area contributed by atoms with Crippen LogP contribution in [0.4, 0.5) is 0 Å². The van der Waals surface area contributed by atoms with Crippen LogP contribution in [0.5, 0.6) is 0 Å². The van der Waals surface area contributed by atoms with Gasteiger partial charge in [-0.1, -0.05) is 35.0 Å². The number of aromatic nitrogens is 2. The van der Waals surface area contributed by atoms with Gasteiger partial charge in [0.1, 0.15) is 5.69 Å². The van der Waals surface area contributed by atoms with E-state index < -0.39 is 0 Å². The maximum Gasteiger partial charge on any atom is 0.355 e. The maximum atomic E-state index is 12.6. The van der Waals surface area contributed by atoms with Gasteiger partial charge in [-0.3, -0.25) is 0 Å². The Morgan fingerprint density at radius 1 is 1.28 bits per heavy atom. The second kappa shape index (κ2) is 6.24. The number of nitrogens with zero attached hydrogens (tertiary/aromatic N) is 2. The number of ether oxygens (including phenoxy) is 1. The molecule has 128 valence electrons. The van der Waals surface area contributed by atoms with E-state index in [1.807, 2.05) is 17.7 Å². The molecule has 0 saturated carbocycles. The third-order valence-electron chi connectivity index (χ3n) is 4.66. The highest BCUT2D eigenvalue weighted by atomic mass is 16.5. The zero-order chi connectivity index (χ0) is 17.4. The molecule has 0 saturated heterocycles. The quantitative estimate of drug-likeness (QED) is 0.681. The van der Waals surface area contributed by atoms with Crippen LogP contribution in [-0.2, 0) is 24.1 Å². The molecule has 1 aromatic carbocycles. The van der Waals surface area contributed by atoms with E-state index in [4.69, 9.17) is 9.26 Å². The first kappa shape index (κ1) is 15.7. The van der Waals surface area contributed by atoms with Crippen LogP contribution < -0.4 is 0 Å². The van der Waals surface area contributed by atoms with Gasteiger partial charge < -0.3 is 13.8 Å². The maximum absolute atomic E-state index is 12.6. The summed E-state index contributed by atoms with van der Waals surface area (Å²) in [6.07, 6.45) is 5.37. The van der Waals surface area contributed by atoms with Gasteiger partial charge >= 0.3 is 5.97 Å². The predicted octanol–water partition coefficient (Wildman–Crippen LogP) is 3.78. The van der Waals surface area contributed by atoms with Crippen LogP contribution in [-0.4, -0.2) is 22.3 Å². The van der Waals surface area contributed by atoms with Crippen molar-refractivity contribution in [3.05, 3.63) is 64.6 Å². The Morgan fingerprint density at radius 3 is 2.84 bits per heavy atom. The van der Waals surface area contributed by atoms with E-state index in [2.05, 4.69) is 36.3 Å². The molecule has 1 aliphatic carbocycles. The summed E-state index contributed by atoms with van der Waals surface area (Å²) in [4.78, 5) is 12.6. The Morgan fingerprint density at radius 2 is 2.08 bits per heavy atom. The van der Waals surface area contributed by atoms with Gasteiger partial charge in [-0.05, 0) is 37.8 Å². The number of hydrogen-bond donors (Lipinski definition) is 0. The highest BCUT2D eigenvalue weighted by Gasteiger charge is 2.29. The lowest BCUT2D eigenvalue weighted by molar-refractivity contribution is 0.0513. The third-order valence-corrected chi connectivity index (χ3v) is 4.66. The molecule has 0 amide bonds. The van der Waals surface area contributed by atoms with E-state index in [1.165, 1.54) is 5.56 Å². The van der Waals surface area contributed by atoms with Crippen LogP contribution in [0.25, 0.3) is 11.3 Å². The molecule has 4 rings (SSSR count). The highest BCUT2D eigenvalue weighted by Crippen LogP contribution is 2.37. The second-order valence-corrected chi connectivity index (χ2v) is 6.38. The van der Waals surface area contributed by atoms with Crippen LogP contribution >= 0.6 is 0 Å². The summed E-state index contributed by atoms with van der Waals surface area (Å²) in [5.41, 5.74) is 6.02. The minimum Gasteiger partial charge on any atom is -0.461 e. The van der Waals surface area contributed by atoms with Crippen molar-refractivity contribution in [3.8, 4) is 11.3 Å². The van der Waals surface area contributed by atoms with Crippen LogP contribution in [0.3, 0.4) is 0 Å². The van der Waals surface area contributed by atoms with Crippen molar-refractivity contribution in [1.29, 1.82) is 0 Å². The number of hydrogen-bond acceptors (Lipinski definition) is 4. The normalized spacial score (nSPS) is 12.6. The molecule has 2 aromatic heterocycles. The molecule has 0 fully saturated rings. The molecule has 0 unspecified atom stereocenters. The molecule has 2 heterocycles. The largest absolute Gasteiger partial charge is 0.461 e. The summed E-state index contributed by atoms with van der Waals surface area (Å²) in [5.74, 6) is 0.494. The molecule has 5 nitrogen and oxygen atoms in total. The first-order valence-electron chi connectivity index (χ1n) is 8.56. The van der Waals surface area contributed by atoms with Crippen molar-refractivity contribution >= 4 is 5.97 Å². The van der Waals surface area contributed by atoms with Crippen LogP contribution in [0.15, 0.2) is 41.2 Å². The summed E-state index contributed by atoms with van der Waals surface area (Å²) < 4.78 is 12.7. The average Bonchev–Trinajstić information content (AvgIpc) is 3.20. The molecule has 0 bridgehead atoms. The summed E-state index contributed by atoms with van der Waals surface area (Å²) in [6.45, 7) is 4.86. The molecule has 0 aliphatic heterocycles. The smallest absolute Gasteiger partial charge is 0.355 e. The number of carbonyl (C=O) groups excluding carboxylic acids is 1. The third kappa shape index (κ3) is 2.76. The summed E-state index contributed by atoms with van der Waals surface area (Å²) >= 11 is 0. The van der Waals surface area contributed by atoms with Gasteiger partial charge in [-0.25, -0.2) is 4.79 Å². The fourth-order valence-electron chi connectivity index (χ4n) is 3.42. The molecule has 1 aliphatic rings. The number of benzene rings is 1. The van der Waals surface area contributed by atoms with Crippen molar-refractivity contribution < 1.29 is 14.1 Å². The molecule has 0 spiro atoms. The Labute approximate surface area is 146 Å². The van der Waals surface area contributed by atoms with Gasteiger partial charge in [-0.15, -0.1) is 0 Å². The number of fused-ring (bicyclic) bond motifs is 3. The van der Waals surface area contributed by atoms with E-state index in [-0.39, 0.29) is 5.97 Å². The minimum absolute atomic E-state index is 0.279. The summed E-state index contributed by atoms with van der Waals surface area (Å²) in [6, 6.07) is 8.33. The van der Waals surface area contributed by atoms with Crippen molar-refractivity contribution in [2.45, 2.75) is 33.2 Å². The molecule has 0 radical (unpaired) electrons. The number of esters is 1. The van der Waals surface area contributed by atoms with Gasteiger partial charge in [0, 0.05) is 23.9 Å². The van der Waals surface area contributed by atoms with Crippen molar-refractivity contribution in [3.63, 3.8) is 0 Å². The standard InChI is InChI=1S/C20H20N2O3/c1-3-24-20(23)18-16-9-8-15-10-21-25-19(15)17(16)12-22(18)11-14-6-4-13(2)5-7-14/h4-7,10,12H,3,8-9,11H2,1-2H3.